The fourth-order valence-corrected chi connectivity index (χ4v) is 1.35. The quantitative estimate of drug-likeness (QED) is 0.710. The van der Waals surface area contributed by atoms with E-state index in [0.29, 0.717) is 32.8 Å². The number of rotatable bonds is 8. The summed E-state index contributed by atoms with van der Waals surface area (Å²) in [7, 11) is 1.61. The molecule has 5 nitrogen and oxygen atoms in total. The van der Waals surface area contributed by atoms with Gasteiger partial charge in [-0.15, -0.1) is 0 Å². The van der Waals surface area contributed by atoms with Crippen molar-refractivity contribution < 1.29 is 18.7 Å². The van der Waals surface area contributed by atoms with Gasteiger partial charge in [0.25, 0.3) is 0 Å². The molecule has 1 aromatic carbocycles. The van der Waals surface area contributed by atoms with Crippen LogP contribution in [0.1, 0.15) is 6.42 Å². The van der Waals surface area contributed by atoms with Crippen LogP contribution in [0.15, 0.2) is 24.3 Å². The Balaban J connectivity index is 2.10. The van der Waals surface area contributed by atoms with Crippen LogP contribution in [0.4, 0.5) is 14.9 Å². The number of carbonyl (C=O) groups is 1. The first kappa shape index (κ1) is 15.4. The van der Waals surface area contributed by atoms with E-state index in [1.54, 1.807) is 19.2 Å². The Morgan fingerprint density at radius 3 is 2.79 bits per heavy atom. The molecule has 0 aliphatic rings. The van der Waals surface area contributed by atoms with E-state index in [1.165, 1.54) is 12.1 Å². The third-order valence-corrected chi connectivity index (χ3v) is 2.30. The number of hydrogen-bond acceptors (Lipinski definition) is 3. The summed E-state index contributed by atoms with van der Waals surface area (Å²) in [5.41, 5.74) is 0.163. The van der Waals surface area contributed by atoms with Crippen LogP contribution in [0.2, 0.25) is 0 Å². The van der Waals surface area contributed by atoms with Crippen LogP contribution in [0.3, 0.4) is 0 Å². The number of urea groups is 1. The van der Waals surface area contributed by atoms with Crippen molar-refractivity contribution in [1.82, 2.24) is 5.32 Å². The van der Waals surface area contributed by atoms with Gasteiger partial charge in [0.2, 0.25) is 0 Å². The standard InChI is InChI=1S/C13H19FN2O3/c1-18-9-10-19-8-4-7-15-13(17)16-12-6-3-2-5-11(12)14/h2-3,5-6H,4,7-10H2,1H3,(H2,15,16,17). The summed E-state index contributed by atoms with van der Waals surface area (Å²) in [5, 5.41) is 5.06. The lowest BCUT2D eigenvalue weighted by Gasteiger charge is -2.08. The topological polar surface area (TPSA) is 59.6 Å². The molecule has 0 atom stereocenters. The number of anilines is 1. The SMILES string of the molecule is COCCOCCCNC(=O)Nc1ccccc1F. The first-order valence-corrected chi connectivity index (χ1v) is 6.10. The van der Waals surface area contributed by atoms with Gasteiger partial charge in [0.15, 0.2) is 0 Å². The van der Waals surface area contributed by atoms with E-state index in [-0.39, 0.29) is 5.69 Å². The zero-order valence-electron chi connectivity index (χ0n) is 10.9. The van der Waals surface area contributed by atoms with E-state index in [4.69, 9.17) is 9.47 Å². The van der Waals surface area contributed by atoms with Crippen LogP contribution in [0, 0.1) is 5.82 Å². The first-order chi connectivity index (χ1) is 9.24. The molecule has 0 spiro atoms. The maximum Gasteiger partial charge on any atom is 0.319 e. The van der Waals surface area contributed by atoms with E-state index in [2.05, 4.69) is 10.6 Å². The van der Waals surface area contributed by atoms with E-state index >= 15 is 0 Å². The number of para-hydroxylation sites is 1. The van der Waals surface area contributed by atoms with Gasteiger partial charge >= 0.3 is 6.03 Å². The Labute approximate surface area is 112 Å². The fraction of sp³-hybridized carbons (Fsp3) is 0.462. The molecule has 19 heavy (non-hydrogen) atoms. The van der Waals surface area contributed by atoms with Crippen molar-refractivity contribution in [2.75, 3.05) is 38.8 Å². The molecule has 1 aromatic rings. The van der Waals surface area contributed by atoms with Gasteiger partial charge in [-0.1, -0.05) is 12.1 Å². The molecule has 0 aromatic heterocycles. The minimum atomic E-state index is -0.458. The molecule has 6 heteroatoms. The summed E-state index contributed by atoms with van der Waals surface area (Å²) in [4.78, 5) is 11.5. The van der Waals surface area contributed by atoms with Gasteiger partial charge in [0.1, 0.15) is 5.82 Å². The number of ether oxygens (including phenoxy) is 2. The Hall–Kier alpha value is -1.66. The minimum absolute atomic E-state index is 0.163. The molecule has 2 N–H and O–H groups in total. The number of amides is 2. The number of methoxy groups -OCH3 is 1. The van der Waals surface area contributed by atoms with Crippen molar-refractivity contribution in [2.24, 2.45) is 0 Å². The molecular formula is C13H19FN2O3. The van der Waals surface area contributed by atoms with Gasteiger partial charge in [0.05, 0.1) is 18.9 Å². The fourth-order valence-electron chi connectivity index (χ4n) is 1.35. The number of halogens is 1. The van der Waals surface area contributed by atoms with Crippen molar-refractivity contribution in [3.63, 3.8) is 0 Å². The molecule has 0 aliphatic carbocycles. The molecule has 0 saturated heterocycles. The molecule has 0 saturated carbocycles. The monoisotopic (exact) mass is 270 g/mol. The molecular weight excluding hydrogens is 251 g/mol. The predicted molar refractivity (Wildman–Crippen MR) is 70.7 cm³/mol. The van der Waals surface area contributed by atoms with Crippen molar-refractivity contribution >= 4 is 11.7 Å². The highest BCUT2D eigenvalue weighted by atomic mass is 19.1. The second-order valence-electron chi connectivity index (χ2n) is 3.82. The maximum absolute atomic E-state index is 13.2. The van der Waals surface area contributed by atoms with Crippen LogP contribution in [0.25, 0.3) is 0 Å². The molecule has 0 unspecified atom stereocenters. The predicted octanol–water partition coefficient (Wildman–Crippen LogP) is 2.00. The summed E-state index contributed by atoms with van der Waals surface area (Å²) in [6, 6.07) is 5.59. The first-order valence-electron chi connectivity index (χ1n) is 6.10. The lowest BCUT2D eigenvalue weighted by atomic mass is 10.3. The van der Waals surface area contributed by atoms with Crippen molar-refractivity contribution in [1.29, 1.82) is 0 Å². The molecule has 0 fully saturated rings. The molecule has 0 heterocycles. The number of carbonyl (C=O) groups excluding carboxylic acids is 1. The average Bonchev–Trinajstić information content (AvgIpc) is 2.40. The molecule has 1 rings (SSSR count). The van der Waals surface area contributed by atoms with E-state index in [1.807, 2.05) is 0 Å². The zero-order valence-corrected chi connectivity index (χ0v) is 10.9. The van der Waals surface area contributed by atoms with Gasteiger partial charge in [-0.05, 0) is 18.6 Å². The minimum Gasteiger partial charge on any atom is -0.382 e. The van der Waals surface area contributed by atoms with E-state index < -0.39 is 11.8 Å². The Kier molecular flexibility index (Phi) is 7.53. The van der Waals surface area contributed by atoms with Gasteiger partial charge in [-0.3, -0.25) is 0 Å². The van der Waals surface area contributed by atoms with E-state index in [9.17, 15) is 9.18 Å². The molecule has 0 aliphatic heterocycles. The largest absolute Gasteiger partial charge is 0.382 e. The normalized spacial score (nSPS) is 10.2. The van der Waals surface area contributed by atoms with Crippen LogP contribution >= 0.6 is 0 Å². The van der Waals surface area contributed by atoms with Gasteiger partial charge in [-0.2, -0.15) is 0 Å². The van der Waals surface area contributed by atoms with Crippen LogP contribution in [-0.4, -0.2) is 39.5 Å². The lowest BCUT2D eigenvalue weighted by Crippen LogP contribution is -2.30. The number of hydrogen-bond donors (Lipinski definition) is 2. The summed E-state index contributed by atoms with van der Waals surface area (Å²) < 4.78 is 23.3. The summed E-state index contributed by atoms with van der Waals surface area (Å²) in [6.45, 7) is 2.11. The smallest absolute Gasteiger partial charge is 0.319 e. The van der Waals surface area contributed by atoms with Crippen LogP contribution in [0.5, 0.6) is 0 Å². The second kappa shape index (κ2) is 9.29. The highest BCUT2D eigenvalue weighted by Crippen LogP contribution is 2.11. The third-order valence-electron chi connectivity index (χ3n) is 2.30. The van der Waals surface area contributed by atoms with Gasteiger partial charge < -0.3 is 20.1 Å². The van der Waals surface area contributed by atoms with Crippen LogP contribution in [-0.2, 0) is 9.47 Å². The average molecular weight is 270 g/mol. The van der Waals surface area contributed by atoms with Gasteiger partial charge in [-0.25, -0.2) is 9.18 Å². The van der Waals surface area contributed by atoms with Crippen molar-refractivity contribution in [3.8, 4) is 0 Å². The Morgan fingerprint density at radius 2 is 2.05 bits per heavy atom. The second-order valence-corrected chi connectivity index (χ2v) is 3.82. The number of benzene rings is 1. The zero-order chi connectivity index (χ0) is 13.9. The summed E-state index contributed by atoms with van der Waals surface area (Å²) in [6.07, 6.45) is 0.689. The summed E-state index contributed by atoms with van der Waals surface area (Å²) in [5.74, 6) is -0.458. The Bertz CT molecular complexity index is 388. The lowest BCUT2D eigenvalue weighted by molar-refractivity contribution is 0.0697. The van der Waals surface area contributed by atoms with Crippen molar-refractivity contribution in [2.45, 2.75) is 6.42 Å². The highest BCUT2D eigenvalue weighted by Gasteiger charge is 2.04. The highest BCUT2D eigenvalue weighted by molar-refractivity contribution is 5.89. The van der Waals surface area contributed by atoms with E-state index in [0.717, 1.165) is 0 Å². The Morgan fingerprint density at radius 1 is 1.26 bits per heavy atom. The molecule has 2 amide bonds. The number of nitrogens with one attached hydrogen (secondary N) is 2. The van der Waals surface area contributed by atoms with Crippen LogP contribution < -0.4 is 10.6 Å². The van der Waals surface area contributed by atoms with Crippen molar-refractivity contribution in [3.05, 3.63) is 30.1 Å². The van der Waals surface area contributed by atoms with Gasteiger partial charge in [0, 0.05) is 20.3 Å². The summed E-state index contributed by atoms with van der Waals surface area (Å²) >= 11 is 0. The third kappa shape index (κ3) is 6.73. The maximum atomic E-state index is 13.2. The molecule has 106 valence electrons. The molecule has 0 radical (unpaired) electrons. The molecule has 0 bridgehead atoms.